The number of aromatic nitrogens is 1. The van der Waals surface area contributed by atoms with E-state index < -0.39 is 17.5 Å². The minimum absolute atomic E-state index is 0.0924. The molecule has 0 radical (unpaired) electrons. The van der Waals surface area contributed by atoms with Crippen molar-refractivity contribution in [1.29, 1.82) is 0 Å². The highest BCUT2D eigenvalue weighted by Crippen LogP contribution is 2.41. The number of hydrogen-bond acceptors (Lipinski definition) is 6. The Morgan fingerprint density at radius 2 is 2.03 bits per heavy atom. The lowest BCUT2D eigenvalue weighted by atomic mass is 9.99. The van der Waals surface area contributed by atoms with Crippen LogP contribution in [0, 0.1) is 11.8 Å². The number of pyridine rings is 1. The molecule has 5 rings (SSSR count). The van der Waals surface area contributed by atoms with Crippen molar-refractivity contribution in [3.05, 3.63) is 58.9 Å². The van der Waals surface area contributed by atoms with Gasteiger partial charge in [-0.2, -0.15) is 0 Å². The Kier molecular flexibility index (Phi) is 4.42. The van der Waals surface area contributed by atoms with Gasteiger partial charge in [0.25, 0.3) is 11.8 Å². The second-order valence-corrected chi connectivity index (χ2v) is 8.34. The molecule has 162 valence electrons. The lowest BCUT2D eigenvalue weighted by Gasteiger charge is -2.26. The normalized spacial score (nSPS) is 22.6. The maximum absolute atomic E-state index is 13.0. The maximum Gasteiger partial charge on any atom is 0.323 e. The molecular formula is C23H21N5O4. The molecule has 4 N–H and O–H groups in total. The molecule has 32 heavy (non-hydrogen) atoms. The minimum atomic E-state index is -1.57. The second kappa shape index (κ2) is 7.07. The number of carbonyl (C=O) groups is 3. The number of ether oxygens (including phenoxy) is 1. The third-order valence-corrected chi connectivity index (χ3v) is 6.05. The van der Waals surface area contributed by atoms with Gasteiger partial charge in [-0.15, -0.1) is 0 Å². The van der Waals surface area contributed by atoms with Gasteiger partial charge in [-0.25, -0.2) is 4.79 Å². The van der Waals surface area contributed by atoms with Crippen LogP contribution in [0.5, 0.6) is 5.75 Å². The first-order valence-corrected chi connectivity index (χ1v) is 10.2. The largest absolute Gasteiger partial charge is 0.497 e. The van der Waals surface area contributed by atoms with Crippen molar-refractivity contribution in [3.8, 4) is 17.6 Å². The number of urea groups is 1. The van der Waals surface area contributed by atoms with E-state index >= 15 is 0 Å². The summed E-state index contributed by atoms with van der Waals surface area (Å²) in [4.78, 5) is 43.5. The number of methoxy groups -OCH3 is 1. The van der Waals surface area contributed by atoms with Crippen LogP contribution in [0.4, 0.5) is 4.79 Å². The highest BCUT2D eigenvalue weighted by Gasteiger charge is 2.48. The fourth-order valence-corrected chi connectivity index (χ4v) is 3.94. The number of nitrogens with zero attached hydrogens (tertiary/aromatic N) is 2. The van der Waals surface area contributed by atoms with Gasteiger partial charge in [0, 0.05) is 23.9 Å². The van der Waals surface area contributed by atoms with Crippen LogP contribution in [0.1, 0.15) is 40.0 Å². The summed E-state index contributed by atoms with van der Waals surface area (Å²) in [5.41, 5.74) is 6.96. The first-order chi connectivity index (χ1) is 15.3. The zero-order valence-electron chi connectivity index (χ0n) is 17.4. The molecule has 3 aliphatic rings. The topological polar surface area (TPSA) is 127 Å². The van der Waals surface area contributed by atoms with Crippen LogP contribution in [0.3, 0.4) is 0 Å². The Morgan fingerprint density at radius 3 is 2.66 bits per heavy atom. The van der Waals surface area contributed by atoms with Gasteiger partial charge in [-0.1, -0.05) is 17.9 Å². The Morgan fingerprint density at radius 1 is 1.22 bits per heavy atom. The number of amides is 4. The molecule has 2 aliphatic heterocycles. The molecule has 3 heterocycles. The quantitative estimate of drug-likeness (QED) is 0.481. The Bertz CT molecular complexity index is 1210. The zero-order chi connectivity index (χ0) is 22.5. The predicted octanol–water partition coefficient (Wildman–Crippen LogP) is 0.624. The SMILES string of the molecule is COc1ccc2c(c1)C(=O)N(C[C@@]1(C#Cc3ccc(C4(N)CC4)nc3)NC(=O)NC1=O)C2. The van der Waals surface area contributed by atoms with Gasteiger partial charge < -0.3 is 20.7 Å². The van der Waals surface area contributed by atoms with Crippen LogP contribution in [-0.4, -0.2) is 46.9 Å². The van der Waals surface area contributed by atoms with Gasteiger partial charge in [0.05, 0.1) is 24.9 Å². The minimum Gasteiger partial charge on any atom is -0.497 e. The molecule has 9 nitrogen and oxygen atoms in total. The van der Waals surface area contributed by atoms with E-state index in [-0.39, 0.29) is 18.0 Å². The highest BCUT2D eigenvalue weighted by molar-refractivity contribution is 6.10. The molecule has 0 spiro atoms. The van der Waals surface area contributed by atoms with Gasteiger partial charge >= 0.3 is 6.03 Å². The average Bonchev–Trinajstić information content (AvgIpc) is 3.38. The van der Waals surface area contributed by atoms with Gasteiger partial charge in [0.15, 0.2) is 0 Å². The number of hydrogen-bond donors (Lipinski definition) is 3. The fourth-order valence-electron chi connectivity index (χ4n) is 3.94. The van der Waals surface area contributed by atoms with E-state index in [1.165, 1.54) is 12.0 Å². The van der Waals surface area contributed by atoms with E-state index in [0.29, 0.717) is 23.4 Å². The molecule has 1 atom stereocenters. The van der Waals surface area contributed by atoms with Crippen molar-refractivity contribution in [3.63, 3.8) is 0 Å². The van der Waals surface area contributed by atoms with Crippen molar-refractivity contribution in [2.24, 2.45) is 5.73 Å². The molecule has 1 saturated heterocycles. The summed E-state index contributed by atoms with van der Waals surface area (Å²) in [6.45, 7) is 0.213. The Labute approximate surface area is 184 Å². The summed E-state index contributed by atoms with van der Waals surface area (Å²) >= 11 is 0. The first-order valence-electron chi connectivity index (χ1n) is 10.2. The van der Waals surface area contributed by atoms with Crippen LogP contribution in [0.2, 0.25) is 0 Å². The van der Waals surface area contributed by atoms with E-state index in [4.69, 9.17) is 10.5 Å². The molecule has 9 heteroatoms. The number of fused-ring (bicyclic) bond motifs is 1. The maximum atomic E-state index is 13.0. The summed E-state index contributed by atoms with van der Waals surface area (Å²) in [6.07, 6.45) is 3.40. The van der Waals surface area contributed by atoms with Crippen molar-refractivity contribution < 1.29 is 19.1 Å². The predicted molar refractivity (Wildman–Crippen MR) is 113 cm³/mol. The van der Waals surface area contributed by atoms with Crippen LogP contribution in [0.25, 0.3) is 0 Å². The highest BCUT2D eigenvalue weighted by atomic mass is 16.5. The number of rotatable bonds is 4. The summed E-state index contributed by atoms with van der Waals surface area (Å²) in [7, 11) is 1.53. The third-order valence-electron chi connectivity index (χ3n) is 6.05. The summed E-state index contributed by atoms with van der Waals surface area (Å²) < 4.78 is 5.20. The van der Waals surface area contributed by atoms with E-state index in [1.54, 1.807) is 24.4 Å². The smallest absolute Gasteiger partial charge is 0.323 e. The third kappa shape index (κ3) is 3.35. The molecular weight excluding hydrogens is 410 g/mol. The number of imide groups is 1. The second-order valence-electron chi connectivity index (χ2n) is 8.34. The Hall–Kier alpha value is -3.90. The number of nitrogens with one attached hydrogen (secondary N) is 2. The standard InChI is InChI=1S/C23H21N5O4/c1-32-16-4-3-15-12-28(19(29)17(15)10-16)13-23(20(30)26-21(31)27-23)7-6-14-2-5-18(25-11-14)22(24)8-9-22/h2-5,10-11H,8-9,12-13,24H2,1H3,(H2,26,27,30,31)/t23-/m1/s1. The average molecular weight is 431 g/mol. The lowest BCUT2D eigenvalue weighted by Crippen LogP contribution is -2.54. The van der Waals surface area contributed by atoms with Crippen molar-refractivity contribution in [2.45, 2.75) is 30.5 Å². The van der Waals surface area contributed by atoms with Gasteiger partial charge in [-0.3, -0.25) is 19.9 Å². The molecule has 0 unspecified atom stereocenters. The van der Waals surface area contributed by atoms with Crippen molar-refractivity contribution >= 4 is 17.8 Å². The van der Waals surface area contributed by atoms with Crippen LogP contribution in [-0.2, 0) is 16.9 Å². The first kappa shape index (κ1) is 20.0. The van der Waals surface area contributed by atoms with Crippen molar-refractivity contribution in [1.82, 2.24) is 20.5 Å². The molecule has 1 aliphatic carbocycles. The zero-order valence-corrected chi connectivity index (χ0v) is 17.4. The number of carbonyl (C=O) groups excluding carboxylic acids is 3. The molecule has 1 aromatic carbocycles. The summed E-state index contributed by atoms with van der Waals surface area (Å²) in [5, 5.41) is 4.83. The van der Waals surface area contributed by atoms with Crippen LogP contribution >= 0.6 is 0 Å². The fraction of sp³-hybridized carbons (Fsp3) is 0.304. The van der Waals surface area contributed by atoms with Crippen LogP contribution < -0.4 is 21.1 Å². The van der Waals surface area contributed by atoms with E-state index in [0.717, 1.165) is 24.1 Å². The number of nitrogens with two attached hydrogens (primary N) is 1. The van der Waals surface area contributed by atoms with E-state index in [1.807, 2.05) is 12.1 Å². The molecule has 2 aromatic rings. The van der Waals surface area contributed by atoms with Crippen molar-refractivity contribution in [2.75, 3.05) is 13.7 Å². The lowest BCUT2D eigenvalue weighted by molar-refractivity contribution is -0.122. The number of benzene rings is 1. The van der Waals surface area contributed by atoms with E-state index in [9.17, 15) is 14.4 Å². The monoisotopic (exact) mass is 431 g/mol. The van der Waals surface area contributed by atoms with Gasteiger partial charge in [-0.05, 0) is 42.7 Å². The van der Waals surface area contributed by atoms with Crippen LogP contribution in [0.15, 0.2) is 36.5 Å². The molecule has 1 aromatic heterocycles. The summed E-state index contributed by atoms with van der Waals surface area (Å²) in [5.74, 6) is 5.52. The molecule has 1 saturated carbocycles. The molecule has 0 bridgehead atoms. The Balaban J connectivity index is 1.41. The van der Waals surface area contributed by atoms with Gasteiger partial charge in [0.1, 0.15) is 5.75 Å². The van der Waals surface area contributed by atoms with Gasteiger partial charge in [0.2, 0.25) is 5.54 Å². The molecule has 4 amide bonds. The molecule has 2 fully saturated rings. The van der Waals surface area contributed by atoms with E-state index in [2.05, 4.69) is 27.5 Å². The summed E-state index contributed by atoms with van der Waals surface area (Å²) in [6, 6.07) is 8.22.